The predicted molar refractivity (Wildman–Crippen MR) is 53.8 cm³/mol. The van der Waals surface area contributed by atoms with Crippen LogP contribution in [0.25, 0.3) is 11.0 Å². The lowest BCUT2D eigenvalue weighted by Crippen LogP contribution is -1.63. The zero-order chi connectivity index (χ0) is 8.93. The highest BCUT2D eigenvalue weighted by Crippen LogP contribution is 2.09. The molecule has 0 aliphatic heterocycles. The Labute approximate surface area is 76.9 Å². The Kier molecular flexibility index (Phi) is 2.28. The third kappa shape index (κ3) is 1.88. The van der Waals surface area contributed by atoms with E-state index in [4.69, 9.17) is 4.42 Å². The maximum Gasteiger partial charge on any atom is 0.133 e. The van der Waals surface area contributed by atoms with E-state index in [0.29, 0.717) is 0 Å². The van der Waals surface area contributed by atoms with Crippen LogP contribution in [0.15, 0.2) is 65.3 Å². The molecule has 0 atom stereocenters. The van der Waals surface area contributed by atoms with Gasteiger partial charge in [0.15, 0.2) is 0 Å². The van der Waals surface area contributed by atoms with Crippen molar-refractivity contribution in [2.45, 2.75) is 0 Å². The van der Waals surface area contributed by atoms with E-state index in [9.17, 15) is 0 Å². The predicted octanol–water partition coefficient (Wildman–Crippen LogP) is 3.56. The van der Waals surface area contributed by atoms with Crippen molar-refractivity contribution in [2.75, 3.05) is 0 Å². The fraction of sp³-hybridized carbons (Fsp3) is 0. The van der Waals surface area contributed by atoms with E-state index in [0.717, 1.165) is 11.0 Å². The minimum atomic E-state index is 0.888. The molecular weight excluding hydrogens is 160 g/mol. The fourth-order valence-corrected chi connectivity index (χ4v) is 1.17. The summed E-state index contributed by atoms with van der Waals surface area (Å²) >= 11 is 0. The van der Waals surface area contributed by atoms with Crippen LogP contribution in [0.1, 0.15) is 0 Å². The van der Waals surface area contributed by atoms with E-state index in [1.807, 2.05) is 54.6 Å². The smallest absolute Gasteiger partial charge is 0.133 e. The largest absolute Gasteiger partial charge is 0.464 e. The monoisotopic (exact) mass is 170 g/mol. The molecular formula is C12H10O. The highest BCUT2D eigenvalue weighted by Gasteiger charge is 1.85. The van der Waals surface area contributed by atoms with Crippen molar-refractivity contribution in [2.24, 2.45) is 0 Å². The first-order valence-electron chi connectivity index (χ1n) is 4.22. The normalized spacial score (nSPS) is 9.54. The van der Waals surface area contributed by atoms with Gasteiger partial charge in [0.2, 0.25) is 0 Å². The highest BCUT2D eigenvalue weighted by atomic mass is 16.3. The Morgan fingerprint density at radius 3 is 2.31 bits per heavy atom. The summed E-state index contributed by atoms with van der Waals surface area (Å²) in [5.41, 5.74) is 0.888. The van der Waals surface area contributed by atoms with Gasteiger partial charge in [-0.15, -0.1) is 0 Å². The molecule has 1 aromatic heterocycles. The lowest BCUT2D eigenvalue weighted by Gasteiger charge is -1.88. The van der Waals surface area contributed by atoms with Crippen LogP contribution >= 0.6 is 0 Å². The molecule has 0 amide bonds. The van der Waals surface area contributed by atoms with Crippen molar-refractivity contribution in [3.8, 4) is 0 Å². The maximum atomic E-state index is 5.43. The van der Waals surface area contributed by atoms with Gasteiger partial charge in [0, 0.05) is 5.39 Å². The first-order chi connectivity index (χ1) is 6.47. The van der Waals surface area contributed by atoms with Crippen molar-refractivity contribution in [3.05, 3.63) is 60.9 Å². The molecule has 0 saturated heterocycles. The van der Waals surface area contributed by atoms with Gasteiger partial charge in [0.25, 0.3) is 0 Å². The van der Waals surface area contributed by atoms with Gasteiger partial charge < -0.3 is 4.42 Å². The van der Waals surface area contributed by atoms with Crippen molar-refractivity contribution < 1.29 is 4.42 Å². The van der Waals surface area contributed by atoms with Gasteiger partial charge in [-0.2, -0.15) is 0 Å². The summed E-state index contributed by atoms with van der Waals surface area (Å²) in [5.74, 6) is 0. The Morgan fingerprint density at radius 2 is 1.38 bits per heavy atom. The Morgan fingerprint density at radius 1 is 0.692 bits per heavy atom. The van der Waals surface area contributed by atoms with Crippen LogP contribution in [0.5, 0.6) is 0 Å². The summed E-state index contributed by atoms with van der Waals surface area (Å²) in [6, 6.07) is 17.7. The molecule has 13 heavy (non-hydrogen) atoms. The van der Waals surface area contributed by atoms with Crippen molar-refractivity contribution in [3.63, 3.8) is 0 Å². The molecule has 0 spiro atoms. The summed E-state index contributed by atoms with van der Waals surface area (Å²) in [4.78, 5) is 0. The van der Waals surface area contributed by atoms with E-state index >= 15 is 0 Å². The van der Waals surface area contributed by atoms with Crippen LogP contribution in [0.3, 0.4) is 0 Å². The standard InChI is InChI=1S/C12H10O/c1-2-6-10-13-12-9-5-4-8-11(12)7-3-1/h1-10H. The first-order valence-corrected chi connectivity index (χ1v) is 4.22. The molecule has 64 valence electrons. The second-order valence-corrected chi connectivity index (χ2v) is 2.73. The van der Waals surface area contributed by atoms with Crippen LogP contribution < -0.4 is 0 Å². The lowest BCUT2D eigenvalue weighted by atomic mass is 10.2. The molecule has 0 saturated carbocycles. The Balaban J connectivity index is 2.82. The molecule has 1 nitrogen and oxygen atoms in total. The molecule has 0 unspecified atom stereocenters. The summed E-state index contributed by atoms with van der Waals surface area (Å²) < 4.78 is 5.43. The highest BCUT2D eigenvalue weighted by molar-refractivity contribution is 5.75. The number of fused-ring (bicyclic) bond motifs is 1. The number of para-hydroxylation sites is 1. The summed E-state index contributed by atoms with van der Waals surface area (Å²) in [6.45, 7) is 0. The van der Waals surface area contributed by atoms with Crippen molar-refractivity contribution in [1.29, 1.82) is 0 Å². The zero-order valence-electron chi connectivity index (χ0n) is 7.18. The lowest BCUT2D eigenvalue weighted by molar-refractivity contribution is 0.606. The quantitative estimate of drug-likeness (QED) is 0.589. The van der Waals surface area contributed by atoms with Gasteiger partial charge in [0.1, 0.15) is 5.58 Å². The van der Waals surface area contributed by atoms with Crippen LogP contribution in [-0.2, 0) is 0 Å². The molecule has 0 aliphatic rings. The van der Waals surface area contributed by atoms with E-state index in [-0.39, 0.29) is 0 Å². The van der Waals surface area contributed by atoms with Gasteiger partial charge in [-0.3, -0.25) is 0 Å². The molecule has 1 heteroatoms. The molecule has 0 fully saturated rings. The molecule has 0 bridgehead atoms. The fourth-order valence-electron chi connectivity index (χ4n) is 1.17. The van der Waals surface area contributed by atoms with E-state index in [2.05, 4.69) is 0 Å². The third-order valence-electron chi connectivity index (χ3n) is 1.80. The second kappa shape index (κ2) is 3.76. The third-order valence-corrected chi connectivity index (χ3v) is 1.80. The van der Waals surface area contributed by atoms with Crippen LogP contribution in [0.2, 0.25) is 0 Å². The number of rotatable bonds is 0. The van der Waals surface area contributed by atoms with Gasteiger partial charge in [-0.1, -0.05) is 42.5 Å². The topological polar surface area (TPSA) is 13.1 Å². The van der Waals surface area contributed by atoms with Crippen LogP contribution in [0, 0.1) is 0 Å². The minimum absolute atomic E-state index is 0.888. The zero-order valence-corrected chi connectivity index (χ0v) is 7.18. The maximum absolute atomic E-state index is 5.43. The van der Waals surface area contributed by atoms with Crippen LogP contribution in [-0.4, -0.2) is 0 Å². The van der Waals surface area contributed by atoms with E-state index in [1.165, 1.54) is 0 Å². The molecule has 2 rings (SSSR count). The average molecular weight is 170 g/mol. The summed E-state index contributed by atoms with van der Waals surface area (Å²) in [6.07, 6.45) is 1.68. The van der Waals surface area contributed by atoms with Gasteiger partial charge in [-0.05, 0) is 12.1 Å². The second-order valence-electron chi connectivity index (χ2n) is 2.73. The molecule has 1 aromatic carbocycles. The van der Waals surface area contributed by atoms with Gasteiger partial charge >= 0.3 is 0 Å². The minimum Gasteiger partial charge on any atom is -0.464 e. The Hall–Kier alpha value is -1.76. The van der Waals surface area contributed by atoms with E-state index < -0.39 is 0 Å². The van der Waals surface area contributed by atoms with E-state index in [1.54, 1.807) is 6.26 Å². The molecule has 1 heterocycles. The SMILES string of the molecule is c1cccc2ccccc2occ1. The van der Waals surface area contributed by atoms with Gasteiger partial charge in [-0.25, -0.2) is 0 Å². The number of hydrogen-bond acceptors (Lipinski definition) is 1. The van der Waals surface area contributed by atoms with Crippen LogP contribution in [0.4, 0.5) is 0 Å². The number of hydrogen-bond donors (Lipinski definition) is 0. The average Bonchev–Trinajstić information content (AvgIpc) is 2.28. The van der Waals surface area contributed by atoms with Gasteiger partial charge in [0.05, 0.1) is 6.26 Å². The molecule has 2 aromatic rings. The molecule has 0 radical (unpaired) electrons. The van der Waals surface area contributed by atoms with Crippen molar-refractivity contribution >= 4 is 11.0 Å². The summed E-state index contributed by atoms with van der Waals surface area (Å²) in [5, 5.41) is 1.10. The Bertz CT molecular complexity index is 401. The number of benzene rings is 1. The first kappa shape index (κ1) is 7.87. The van der Waals surface area contributed by atoms with Crippen molar-refractivity contribution in [1.82, 2.24) is 0 Å². The summed E-state index contributed by atoms with van der Waals surface area (Å²) in [7, 11) is 0. The molecule has 0 aliphatic carbocycles. The molecule has 0 N–H and O–H groups in total.